The average molecular weight is 277 g/mol. The molecule has 1 fully saturated rings. The molecule has 0 aliphatic carbocycles. The summed E-state index contributed by atoms with van der Waals surface area (Å²) in [5.74, 6) is 1.31. The first-order valence-electron chi connectivity index (χ1n) is 6.98. The molecule has 1 saturated heterocycles. The molecule has 0 atom stereocenters. The topological polar surface area (TPSA) is 38.8 Å². The molecule has 4 heteroatoms. The molecule has 20 heavy (non-hydrogen) atoms. The van der Waals surface area contributed by atoms with E-state index in [9.17, 15) is 4.79 Å². The van der Waals surface area contributed by atoms with Crippen molar-refractivity contribution in [2.75, 3.05) is 27.3 Å². The SMILES string of the molecule is COc1ccc(C(=O)N2CCC(C)(C)CC2)cc1OC. The third-order valence-corrected chi connectivity index (χ3v) is 4.03. The van der Waals surface area contributed by atoms with Gasteiger partial charge in [0.15, 0.2) is 11.5 Å². The summed E-state index contributed by atoms with van der Waals surface area (Å²) in [6.07, 6.45) is 2.10. The minimum atomic E-state index is 0.0708. The van der Waals surface area contributed by atoms with E-state index in [0.717, 1.165) is 25.9 Å². The minimum absolute atomic E-state index is 0.0708. The van der Waals surface area contributed by atoms with Gasteiger partial charge in [0, 0.05) is 18.7 Å². The first-order valence-corrected chi connectivity index (χ1v) is 6.98. The molecule has 110 valence electrons. The van der Waals surface area contributed by atoms with Gasteiger partial charge in [0.1, 0.15) is 0 Å². The van der Waals surface area contributed by atoms with Crippen LogP contribution in [0.4, 0.5) is 0 Å². The molecule has 1 aromatic rings. The van der Waals surface area contributed by atoms with Crippen LogP contribution < -0.4 is 9.47 Å². The molecule has 1 aromatic carbocycles. The van der Waals surface area contributed by atoms with Gasteiger partial charge in [-0.25, -0.2) is 0 Å². The number of methoxy groups -OCH3 is 2. The zero-order chi connectivity index (χ0) is 14.8. The summed E-state index contributed by atoms with van der Waals surface area (Å²) in [6.45, 7) is 6.15. The van der Waals surface area contributed by atoms with Crippen molar-refractivity contribution in [3.05, 3.63) is 23.8 Å². The lowest BCUT2D eigenvalue weighted by atomic mass is 9.82. The molecule has 0 bridgehead atoms. The molecule has 1 aliphatic heterocycles. The van der Waals surface area contributed by atoms with Crippen molar-refractivity contribution >= 4 is 5.91 Å². The number of rotatable bonds is 3. The van der Waals surface area contributed by atoms with Crippen LogP contribution in [-0.4, -0.2) is 38.1 Å². The summed E-state index contributed by atoms with van der Waals surface area (Å²) >= 11 is 0. The van der Waals surface area contributed by atoms with Crippen molar-refractivity contribution in [2.45, 2.75) is 26.7 Å². The maximum Gasteiger partial charge on any atom is 0.253 e. The molecule has 0 aromatic heterocycles. The number of hydrogen-bond donors (Lipinski definition) is 0. The number of nitrogens with zero attached hydrogens (tertiary/aromatic N) is 1. The maximum absolute atomic E-state index is 12.5. The highest BCUT2D eigenvalue weighted by atomic mass is 16.5. The van der Waals surface area contributed by atoms with Crippen molar-refractivity contribution in [1.29, 1.82) is 0 Å². The van der Waals surface area contributed by atoms with Gasteiger partial charge in [0.25, 0.3) is 5.91 Å². The second-order valence-corrected chi connectivity index (χ2v) is 6.03. The van der Waals surface area contributed by atoms with Crippen molar-refractivity contribution < 1.29 is 14.3 Å². The fourth-order valence-electron chi connectivity index (χ4n) is 2.47. The maximum atomic E-state index is 12.5. The standard InChI is InChI=1S/C16H23NO3/c1-16(2)7-9-17(10-8-16)15(18)12-5-6-13(19-3)14(11-12)20-4/h5-6,11H,7-10H2,1-4H3. The van der Waals surface area contributed by atoms with E-state index in [4.69, 9.17) is 9.47 Å². The first-order chi connectivity index (χ1) is 9.46. The molecule has 0 spiro atoms. The van der Waals surface area contributed by atoms with Gasteiger partial charge >= 0.3 is 0 Å². The number of ether oxygens (including phenoxy) is 2. The minimum Gasteiger partial charge on any atom is -0.493 e. The van der Waals surface area contributed by atoms with E-state index in [1.807, 2.05) is 4.90 Å². The lowest BCUT2D eigenvalue weighted by Crippen LogP contribution is -2.41. The highest BCUT2D eigenvalue weighted by Gasteiger charge is 2.28. The largest absolute Gasteiger partial charge is 0.493 e. The Morgan fingerprint density at radius 1 is 1.10 bits per heavy atom. The van der Waals surface area contributed by atoms with Crippen molar-refractivity contribution in [3.8, 4) is 11.5 Å². The normalized spacial score (nSPS) is 17.7. The quantitative estimate of drug-likeness (QED) is 0.852. The predicted molar refractivity (Wildman–Crippen MR) is 78.5 cm³/mol. The van der Waals surface area contributed by atoms with Gasteiger partial charge in [-0.05, 0) is 36.5 Å². The summed E-state index contributed by atoms with van der Waals surface area (Å²) in [5, 5.41) is 0. The van der Waals surface area contributed by atoms with Crippen molar-refractivity contribution in [1.82, 2.24) is 4.90 Å². The first kappa shape index (κ1) is 14.7. The zero-order valence-corrected chi connectivity index (χ0v) is 12.7. The summed E-state index contributed by atoms with van der Waals surface area (Å²) in [5.41, 5.74) is 0.997. The second kappa shape index (κ2) is 5.73. The fourth-order valence-corrected chi connectivity index (χ4v) is 2.47. The van der Waals surface area contributed by atoms with E-state index < -0.39 is 0 Å². The number of hydrogen-bond acceptors (Lipinski definition) is 3. The van der Waals surface area contributed by atoms with Crippen LogP contribution >= 0.6 is 0 Å². The molecular formula is C16H23NO3. The van der Waals surface area contributed by atoms with Crippen LogP contribution in [0.3, 0.4) is 0 Å². The molecule has 1 aliphatic rings. The lowest BCUT2D eigenvalue weighted by Gasteiger charge is -2.37. The molecule has 0 N–H and O–H groups in total. The Kier molecular flexibility index (Phi) is 4.21. The van der Waals surface area contributed by atoms with Crippen LogP contribution in [0.1, 0.15) is 37.0 Å². The Labute approximate surface area is 120 Å². The number of carbonyl (C=O) groups excluding carboxylic acids is 1. The van der Waals surface area contributed by atoms with Gasteiger partial charge in [0.2, 0.25) is 0 Å². The molecule has 1 amide bonds. The van der Waals surface area contributed by atoms with Crippen LogP contribution in [-0.2, 0) is 0 Å². The van der Waals surface area contributed by atoms with Gasteiger partial charge in [0.05, 0.1) is 14.2 Å². The molecule has 0 radical (unpaired) electrons. The van der Waals surface area contributed by atoms with Crippen LogP contribution in [0.15, 0.2) is 18.2 Å². The number of piperidine rings is 1. The van der Waals surface area contributed by atoms with Crippen LogP contribution in [0.25, 0.3) is 0 Å². The van der Waals surface area contributed by atoms with Crippen LogP contribution in [0.2, 0.25) is 0 Å². The van der Waals surface area contributed by atoms with Crippen molar-refractivity contribution in [3.63, 3.8) is 0 Å². The number of carbonyl (C=O) groups is 1. The monoisotopic (exact) mass is 277 g/mol. The van der Waals surface area contributed by atoms with Gasteiger partial charge in [-0.3, -0.25) is 4.79 Å². The fraction of sp³-hybridized carbons (Fsp3) is 0.562. The van der Waals surface area contributed by atoms with Gasteiger partial charge < -0.3 is 14.4 Å². The Morgan fingerprint density at radius 3 is 2.25 bits per heavy atom. The summed E-state index contributed by atoms with van der Waals surface area (Å²) < 4.78 is 10.4. The molecule has 2 rings (SSSR count). The second-order valence-electron chi connectivity index (χ2n) is 6.03. The number of benzene rings is 1. The molecule has 1 heterocycles. The number of amides is 1. The van der Waals surface area contributed by atoms with E-state index in [1.165, 1.54) is 0 Å². The van der Waals surface area contributed by atoms with E-state index in [2.05, 4.69) is 13.8 Å². The zero-order valence-electron chi connectivity index (χ0n) is 12.7. The molecule has 0 saturated carbocycles. The Bertz CT molecular complexity index is 486. The third-order valence-electron chi connectivity index (χ3n) is 4.03. The van der Waals surface area contributed by atoms with Crippen LogP contribution in [0.5, 0.6) is 11.5 Å². The summed E-state index contributed by atoms with van der Waals surface area (Å²) in [6, 6.07) is 5.32. The molecule has 0 unspecified atom stereocenters. The third kappa shape index (κ3) is 3.06. The van der Waals surface area contributed by atoms with Gasteiger partial charge in [-0.15, -0.1) is 0 Å². The van der Waals surface area contributed by atoms with E-state index in [1.54, 1.807) is 32.4 Å². The Balaban J connectivity index is 2.14. The highest BCUT2D eigenvalue weighted by molar-refractivity contribution is 5.95. The van der Waals surface area contributed by atoms with Gasteiger partial charge in [-0.1, -0.05) is 13.8 Å². The van der Waals surface area contributed by atoms with Crippen LogP contribution in [0, 0.1) is 5.41 Å². The molecule has 4 nitrogen and oxygen atoms in total. The molecular weight excluding hydrogens is 254 g/mol. The van der Waals surface area contributed by atoms with Gasteiger partial charge in [-0.2, -0.15) is 0 Å². The average Bonchev–Trinajstić information content (AvgIpc) is 2.45. The predicted octanol–water partition coefficient (Wildman–Crippen LogP) is 2.97. The number of likely N-dealkylation sites (tertiary alicyclic amines) is 1. The summed E-state index contributed by atoms with van der Waals surface area (Å²) in [4.78, 5) is 14.4. The Morgan fingerprint density at radius 2 is 1.70 bits per heavy atom. The smallest absolute Gasteiger partial charge is 0.253 e. The highest BCUT2D eigenvalue weighted by Crippen LogP contribution is 2.32. The van der Waals surface area contributed by atoms with E-state index in [0.29, 0.717) is 22.5 Å². The Hall–Kier alpha value is -1.71. The summed E-state index contributed by atoms with van der Waals surface area (Å²) in [7, 11) is 3.17. The van der Waals surface area contributed by atoms with Crippen molar-refractivity contribution in [2.24, 2.45) is 5.41 Å². The van der Waals surface area contributed by atoms with E-state index >= 15 is 0 Å². The lowest BCUT2D eigenvalue weighted by molar-refractivity contribution is 0.0630. The van der Waals surface area contributed by atoms with E-state index in [-0.39, 0.29) is 5.91 Å².